The highest BCUT2D eigenvalue weighted by molar-refractivity contribution is 9.10. The number of rotatable bonds is 4. The number of benzene rings is 1. The van der Waals surface area contributed by atoms with Crippen molar-refractivity contribution in [3.8, 4) is 11.6 Å². The van der Waals surface area contributed by atoms with Crippen LogP contribution in [0.4, 0.5) is 10.1 Å². The van der Waals surface area contributed by atoms with E-state index in [2.05, 4.69) is 20.9 Å². The van der Waals surface area contributed by atoms with Crippen molar-refractivity contribution >= 4 is 21.6 Å². The van der Waals surface area contributed by atoms with Crippen molar-refractivity contribution < 1.29 is 9.13 Å². The van der Waals surface area contributed by atoms with E-state index in [1.807, 2.05) is 13.8 Å². The summed E-state index contributed by atoms with van der Waals surface area (Å²) in [6.07, 6.45) is 3.05. The number of ether oxygens (including phenoxy) is 1. The number of hydrogen-bond donors (Lipinski definition) is 1. The third-order valence-corrected chi connectivity index (χ3v) is 3.31. The van der Waals surface area contributed by atoms with Crippen LogP contribution in [-0.2, 0) is 6.54 Å². The Morgan fingerprint density at radius 2 is 2.19 bits per heavy atom. The zero-order chi connectivity index (χ0) is 15.6. The van der Waals surface area contributed by atoms with Crippen molar-refractivity contribution in [1.29, 1.82) is 0 Å². The first kappa shape index (κ1) is 15.5. The van der Waals surface area contributed by atoms with E-state index in [0.717, 1.165) is 6.07 Å². The number of nitrogen functional groups attached to an aromatic ring is 1. The number of halogens is 2. The van der Waals surface area contributed by atoms with Gasteiger partial charge in [0, 0.05) is 25.0 Å². The average molecular weight is 356 g/mol. The predicted molar refractivity (Wildman–Crippen MR) is 81.9 cm³/mol. The van der Waals surface area contributed by atoms with Gasteiger partial charge in [-0.05, 0) is 27.9 Å². The molecule has 0 aliphatic heterocycles. The fourth-order valence-electron chi connectivity index (χ4n) is 1.77. The lowest BCUT2D eigenvalue weighted by atomic mass is 10.2. The maximum Gasteiger partial charge on any atom is 0.313 e. The highest BCUT2D eigenvalue weighted by Crippen LogP contribution is 2.30. The van der Waals surface area contributed by atoms with Crippen LogP contribution in [0.1, 0.15) is 13.8 Å². The van der Waals surface area contributed by atoms with E-state index < -0.39 is 5.82 Å². The van der Waals surface area contributed by atoms with Gasteiger partial charge in [0.2, 0.25) is 0 Å². The second-order valence-electron chi connectivity index (χ2n) is 4.99. The van der Waals surface area contributed by atoms with Gasteiger partial charge in [-0.3, -0.25) is 4.79 Å². The molecule has 2 rings (SSSR count). The molecule has 21 heavy (non-hydrogen) atoms. The van der Waals surface area contributed by atoms with Crippen LogP contribution in [0.3, 0.4) is 0 Å². The van der Waals surface area contributed by atoms with Crippen LogP contribution < -0.4 is 16.0 Å². The SMILES string of the molecule is CC(C)Cn1ccnc(Oc2cc(F)c(Br)cc2N)c1=O. The molecule has 1 heterocycles. The molecule has 0 fully saturated rings. The minimum absolute atomic E-state index is 0.0580. The van der Waals surface area contributed by atoms with Gasteiger partial charge in [0.1, 0.15) is 5.82 Å². The molecule has 5 nitrogen and oxygen atoms in total. The zero-order valence-electron chi connectivity index (χ0n) is 11.6. The Bertz CT molecular complexity index is 716. The summed E-state index contributed by atoms with van der Waals surface area (Å²) in [5, 5.41) is 0. The van der Waals surface area contributed by atoms with Crippen LogP contribution in [0.25, 0.3) is 0 Å². The van der Waals surface area contributed by atoms with Crippen LogP contribution in [0, 0.1) is 11.7 Å². The van der Waals surface area contributed by atoms with Gasteiger partial charge < -0.3 is 15.0 Å². The summed E-state index contributed by atoms with van der Waals surface area (Å²) in [5.41, 5.74) is 5.58. The van der Waals surface area contributed by atoms with E-state index >= 15 is 0 Å². The van der Waals surface area contributed by atoms with Crippen LogP contribution in [0.2, 0.25) is 0 Å². The number of hydrogen-bond acceptors (Lipinski definition) is 4. The van der Waals surface area contributed by atoms with Crippen molar-refractivity contribution in [1.82, 2.24) is 9.55 Å². The monoisotopic (exact) mass is 355 g/mol. The number of anilines is 1. The molecule has 0 atom stereocenters. The molecular formula is C14H15BrFN3O2. The van der Waals surface area contributed by atoms with Gasteiger partial charge in [-0.25, -0.2) is 9.37 Å². The van der Waals surface area contributed by atoms with E-state index in [4.69, 9.17) is 10.5 Å². The van der Waals surface area contributed by atoms with E-state index in [9.17, 15) is 9.18 Å². The fraction of sp³-hybridized carbons (Fsp3) is 0.286. The van der Waals surface area contributed by atoms with Gasteiger partial charge >= 0.3 is 5.56 Å². The Morgan fingerprint density at radius 1 is 1.48 bits per heavy atom. The molecule has 0 saturated carbocycles. The Morgan fingerprint density at radius 3 is 2.86 bits per heavy atom. The minimum Gasteiger partial charge on any atom is -0.432 e. The summed E-state index contributed by atoms with van der Waals surface area (Å²) in [4.78, 5) is 16.1. The first-order valence-electron chi connectivity index (χ1n) is 6.36. The lowest BCUT2D eigenvalue weighted by molar-refractivity contribution is 0.431. The van der Waals surface area contributed by atoms with E-state index in [1.165, 1.54) is 16.8 Å². The molecule has 0 bridgehead atoms. The van der Waals surface area contributed by atoms with Crippen LogP contribution in [0.5, 0.6) is 11.6 Å². The molecule has 7 heteroatoms. The molecule has 0 aliphatic carbocycles. The molecule has 0 radical (unpaired) electrons. The fourth-order valence-corrected chi connectivity index (χ4v) is 2.13. The normalized spacial score (nSPS) is 10.9. The molecular weight excluding hydrogens is 341 g/mol. The summed E-state index contributed by atoms with van der Waals surface area (Å²) in [6, 6.07) is 2.49. The highest BCUT2D eigenvalue weighted by Gasteiger charge is 2.12. The van der Waals surface area contributed by atoms with E-state index in [1.54, 1.807) is 6.20 Å². The summed E-state index contributed by atoms with van der Waals surface area (Å²) in [5.74, 6) is -0.306. The largest absolute Gasteiger partial charge is 0.432 e. The van der Waals surface area contributed by atoms with E-state index in [0.29, 0.717) is 12.5 Å². The van der Waals surface area contributed by atoms with Gasteiger partial charge in [-0.1, -0.05) is 13.8 Å². The Labute approximate surface area is 129 Å². The van der Waals surface area contributed by atoms with Gasteiger partial charge in [0.15, 0.2) is 5.75 Å². The Kier molecular flexibility index (Phi) is 4.62. The summed E-state index contributed by atoms with van der Waals surface area (Å²) in [7, 11) is 0. The molecule has 1 aromatic carbocycles. The number of aromatic nitrogens is 2. The molecule has 2 N–H and O–H groups in total. The standard InChI is InChI=1S/C14H15BrFN3O2/c1-8(2)7-19-4-3-18-13(14(19)20)21-12-6-10(16)9(15)5-11(12)17/h3-6,8H,7,17H2,1-2H3. The van der Waals surface area contributed by atoms with Crippen molar-refractivity contribution in [2.75, 3.05) is 5.73 Å². The van der Waals surface area contributed by atoms with Gasteiger partial charge in [-0.2, -0.15) is 0 Å². The first-order chi connectivity index (χ1) is 9.88. The van der Waals surface area contributed by atoms with Gasteiger partial charge in [0.05, 0.1) is 10.2 Å². The third-order valence-electron chi connectivity index (χ3n) is 2.70. The predicted octanol–water partition coefficient (Wildman–Crippen LogP) is 3.18. The van der Waals surface area contributed by atoms with Gasteiger partial charge in [-0.15, -0.1) is 0 Å². The molecule has 0 saturated heterocycles. The molecule has 1 aromatic heterocycles. The van der Waals surface area contributed by atoms with Crippen LogP contribution in [-0.4, -0.2) is 9.55 Å². The van der Waals surface area contributed by atoms with Gasteiger partial charge in [0.25, 0.3) is 5.88 Å². The number of nitrogens with zero attached hydrogens (tertiary/aromatic N) is 2. The van der Waals surface area contributed by atoms with Crippen molar-refractivity contribution in [3.63, 3.8) is 0 Å². The quantitative estimate of drug-likeness (QED) is 0.855. The molecule has 2 aromatic rings. The first-order valence-corrected chi connectivity index (χ1v) is 7.15. The molecule has 0 unspecified atom stereocenters. The van der Waals surface area contributed by atoms with Crippen molar-refractivity contribution in [2.45, 2.75) is 20.4 Å². The van der Waals surface area contributed by atoms with Crippen molar-refractivity contribution in [3.05, 3.63) is 45.2 Å². The highest BCUT2D eigenvalue weighted by atomic mass is 79.9. The molecule has 0 spiro atoms. The molecule has 112 valence electrons. The molecule has 0 aliphatic rings. The Hall–Kier alpha value is -1.89. The van der Waals surface area contributed by atoms with Crippen molar-refractivity contribution in [2.24, 2.45) is 5.92 Å². The summed E-state index contributed by atoms with van der Waals surface area (Å²) >= 11 is 3.03. The summed E-state index contributed by atoms with van der Waals surface area (Å²) < 4.78 is 20.6. The van der Waals surface area contributed by atoms with Crippen LogP contribution in [0.15, 0.2) is 33.8 Å². The molecule has 0 amide bonds. The topological polar surface area (TPSA) is 70.1 Å². The lowest BCUT2D eigenvalue weighted by Crippen LogP contribution is -2.23. The average Bonchev–Trinajstić information content (AvgIpc) is 2.40. The lowest BCUT2D eigenvalue weighted by Gasteiger charge is -2.11. The smallest absolute Gasteiger partial charge is 0.313 e. The minimum atomic E-state index is -0.530. The maximum absolute atomic E-state index is 13.5. The second kappa shape index (κ2) is 6.26. The van der Waals surface area contributed by atoms with E-state index in [-0.39, 0.29) is 27.3 Å². The zero-order valence-corrected chi connectivity index (χ0v) is 13.2. The number of nitrogens with two attached hydrogens (primary N) is 1. The summed E-state index contributed by atoms with van der Waals surface area (Å²) in [6.45, 7) is 4.53. The Balaban J connectivity index is 2.36. The third kappa shape index (κ3) is 3.60. The van der Waals surface area contributed by atoms with Crippen LogP contribution >= 0.6 is 15.9 Å². The maximum atomic E-state index is 13.5. The second-order valence-corrected chi connectivity index (χ2v) is 5.84.